The summed E-state index contributed by atoms with van der Waals surface area (Å²) in [7, 11) is 0. The van der Waals surface area contributed by atoms with Crippen LogP contribution in [-0.4, -0.2) is 30.0 Å². The van der Waals surface area contributed by atoms with Crippen molar-refractivity contribution in [3.63, 3.8) is 0 Å². The van der Waals surface area contributed by atoms with Gasteiger partial charge in [0, 0.05) is 5.56 Å². The highest BCUT2D eigenvalue weighted by atomic mass is 16.6. The van der Waals surface area contributed by atoms with Crippen LogP contribution in [0.25, 0.3) is 0 Å². The summed E-state index contributed by atoms with van der Waals surface area (Å²) in [6.45, 7) is 3.05. The first kappa shape index (κ1) is 19.2. The molecule has 0 saturated carbocycles. The molecule has 1 amide bonds. The average molecular weight is 355 g/mol. The van der Waals surface area contributed by atoms with E-state index in [0.717, 1.165) is 5.56 Å². The summed E-state index contributed by atoms with van der Waals surface area (Å²) in [5.74, 6) is -1.02. The summed E-state index contributed by atoms with van der Waals surface area (Å²) in [6, 6.07) is 16.8. The number of ether oxygens (including phenoxy) is 2. The van der Waals surface area contributed by atoms with E-state index < -0.39 is 24.2 Å². The summed E-state index contributed by atoms with van der Waals surface area (Å²) < 4.78 is 10.2. The quantitative estimate of drug-likeness (QED) is 0.610. The van der Waals surface area contributed by atoms with Gasteiger partial charge in [-0.15, -0.1) is 0 Å². The highest BCUT2D eigenvalue weighted by Gasteiger charge is 2.24. The zero-order chi connectivity index (χ0) is 18.9. The minimum Gasteiger partial charge on any atom is -0.453 e. The van der Waals surface area contributed by atoms with E-state index in [0.29, 0.717) is 5.56 Å². The van der Waals surface area contributed by atoms with Gasteiger partial charge in [-0.1, -0.05) is 60.7 Å². The summed E-state index contributed by atoms with van der Waals surface area (Å²) in [5.41, 5.74) is 1.29. The van der Waals surface area contributed by atoms with E-state index in [2.05, 4.69) is 5.32 Å². The zero-order valence-electron chi connectivity index (χ0n) is 14.7. The SMILES string of the molecule is C[C@@H](NC(=O)OCc1ccccc1)C(=O)O[C@H](C)C(=O)c1ccccc1. The maximum Gasteiger partial charge on any atom is 0.408 e. The Hall–Kier alpha value is -3.15. The third-order valence-corrected chi connectivity index (χ3v) is 3.62. The number of benzene rings is 2. The summed E-state index contributed by atoms with van der Waals surface area (Å²) >= 11 is 0. The van der Waals surface area contributed by atoms with E-state index in [-0.39, 0.29) is 12.4 Å². The van der Waals surface area contributed by atoms with Crippen LogP contribution >= 0.6 is 0 Å². The first-order chi connectivity index (χ1) is 12.5. The van der Waals surface area contributed by atoms with Crippen LogP contribution in [0.3, 0.4) is 0 Å². The van der Waals surface area contributed by atoms with Crippen LogP contribution in [0.4, 0.5) is 4.79 Å². The number of hydrogen-bond donors (Lipinski definition) is 1. The smallest absolute Gasteiger partial charge is 0.408 e. The first-order valence-electron chi connectivity index (χ1n) is 8.24. The molecule has 0 saturated heterocycles. The predicted octanol–water partition coefficient (Wildman–Crippen LogP) is 3.12. The van der Waals surface area contributed by atoms with Crippen molar-refractivity contribution in [2.75, 3.05) is 0 Å². The molecule has 0 aliphatic carbocycles. The van der Waals surface area contributed by atoms with E-state index >= 15 is 0 Å². The molecule has 2 rings (SSSR count). The lowest BCUT2D eigenvalue weighted by Crippen LogP contribution is -2.41. The van der Waals surface area contributed by atoms with Crippen molar-refractivity contribution >= 4 is 17.8 Å². The summed E-state index contributed by atoms with van der Waals surface area (Å²) in [4.78, 5) is 36.0. The normalized spacial score (nSPS) is 12.5. The lowest BCUT2D eigenvalue weighted by atomic mass is 10.1. The number of amides is 1. The number of carbonyl (C=O) groups is 3. The number of Topliss-reactive ketones (excluding diaryl/α,β-unsaturated/α-hetero) is 1. The van der Waals surface area contributed by atoms with Crippen molar-refractivity contribution in [1.29, 1.82) is 0 Å². The van der Waals surface area contributed by atoms with E-state index in [4.69, 9.17) is 9.47 Å². The Balaban J connectivity index is 1.79. The van der Waals surface area contributed by atoms with Crippen LogP contribution in [0.5, 0.6) is 0 Å². The fourth-order valence-corrected chi connectivity index (χ4v) is 2.17. The molecule has 2 aromatic carbocycles. The van der Waals surface area contributed by atoms with Crippen LogP contribution in [0, 0.1) is 0 Å². The third-order valence-electron chi connectivity index (χ3n) is 3.62. The van der Waals surface area contributed by atoms with Crippen LogP contribution in [0.2, 0.25) is 0 Å². The van der Waals surface area contributed by atoms with Crippen LogP contribution < -0.4 is 5.32 Å². The topological polar surface area (TPSA) is 81.7 Å². The van der Waals surface area contributed by atoms with Gasteiger partial charge in [0.2, 0.25) is 5.78 Å². The highest BCUT2D eigenvalue weighted by Crippen LogP contribution is 2.07. The lowest BCUT2D eigenvalue weighted by Gasteiger charge is -2.17. The van der Waals surface area contributed by atoms with E-state index in [1.165, 1.54) is 13.8 Å². The number of nitrogens with one attached hydrogen (secondary N) is 1. The molecule has 0 radical (unpaired) electrons. The number of carbonyl (C=O) groups excluding carboxylic acids is 3. The average Bonchev–Trinajstić information content (AvgIpc) is 2.67. The van der Waals surface area contributed by atoms with Crippen LogP contribution in [0.1, 0.15) is 29.8 Å². The van der Waals surface area contributed by atoms with Crippen molar-refractivity contribution in [2.24, 2.45) is 0 Å². The second kappa shape index (κ2) is 9.36. The molecule has 0 aliphatic heterocycles. The van der Waals surface area contributed by atoms with Crippen molar-refractivity contribution in [3.05, 3.63) is 71.8 Å². The van der Waals surface area contributed by atoms with Gasteiger partial charge in [-0.2, -0.15) is 0 Å². The molecule has 0 spiro atoms. The maximum atomic E-state index is 12.2. The second-order valence-electron chi connectivity index (χ2n) is 5.74. The van der Waals surface area contributed by atoms with Gasteiger partial charge in [0.1, 0.15) is 12.6 Å². The van der Waals surface area contributed by atoms with Gasteiger partial charge in [0.05, 0.1) is 0 Å². The Morgan fingerprint density at radius 3 is 2.12 bits per heavy atom. The Labute approximate surface area is 152 Å². The van der Waals surface area contributed by atoms with Gasteiger partial charge in [0.15, 0.2) is 6.10 Å². The molecule has 6 heteroatoms. The largest absolute Gasteiger partial charge is 0.453 e. The zero-order valence-corrected chi connectivity index (χ0v) is 14.7. The van der Waals surface area contributed by atoms with E-state index in [1.54, 1.807) is 30.3 Å². The molecule has 0 bridgehead atoms. The first-order valence-corrected chi connectivity index (χ1v) is 8.24. The van der Waals surface area contributed by atoms with Gasteiger partial charge in [0.25, 0.3) is 0 Å². The molecule has 0 unspecified atom stereocenters. The Morgan fingerprint density at radius 2 is 1.50 bits per heavy atom. The minimum atomic E-state index is -0.950. The highest BCUT2D eigenvalue weighted by molar-refractivity contribution is 6.00. The van der Waals surface area contributed by atoms with Crippen LogP contribution in [0.15, 0.2) is 60.7 Å². The molecule has 6 nitrogen and oxygen atoms in total. The van der Waals surface area contributed by atoms with Gasteiger partial charge < -0.3 is 14.8 Å². The van der Waals surface area contributed by atoms with Gasteiger partial charge in [-0.3, -0.25) is 4.79 Å². The van der Waals surface area contributed by atoms with Gasteiger partial charge >= 0.3 is 12.1 Å². The van der Waals surface area contributed by atoms with Gasteiger partial charge in [-0.05, 0) is 19.4 Å². The third kappa shape index (κ3) is 5.73. The number of ketones is 1. The molecule has 1 N–H and O–H groups in total. The monoisotopic (exact) mass is 355 g/mol. The Kier molecular flexibility index (Phi) is 6.91. The maximum absolute atomic E-state index is 12.2. The molecule has 2 aromatic rings. The lowest BCUT2D eigenvalue weighted by molar-refractivity contribution is -0.148. The molecule has 0 aromatic heterocycles. The Morgan fingerprint density at radius 1 is 0.923 bits per heavy atom. The molecular weight excluding hydrogens is 334 g/mol. The molecular formula is C20H21NO5. The van der Waals surface area contributed by atoms with Crippen molar-refractivity contribution in [1.82, 2.24) is 5.32 Å². The van der Waals surface area contributed by atoms with Crippen molar-refractivity contribution < 1.29 is 23.9 Å². The summed E-state index contributed by atoms with van der Waals surface area (Å²) in [5, 5.41) is 2.39. The van der Waals surface area contributed by atoms with E-state index in [1.807, 2.05) is 30.3 Å². The standard InChI is InChI=1S/C20H21NO5/c1-14(21-20(24)25-13-16-9-5-3-6-10-16)19(23)26-15(2)18(22)17-11-7-4-8-12-17/h3-12,14-15H,13H2,1-2H3,(H,21,24)/t14-,15-/m1/s1. The van der Waals surface area contributed by atoms with E-state index in [9.17, 15) is 14.4 Å². The van der Waals surface area contributed by atoms with Gasteiger partial charge in [-0.25, -0.2) is 9.59 Å². The number of esters is 1. The number of alkyl carbamates (subject to hydrolysis) is 1. The summed E-state index contributed by atoms with van der Waals surface area (Å²) in [6.07, 6.45) is -1.69. The fourth-order valence-electron chi connectivity index (χ4n) is 2.17. The number of hydrogen-bond acceptors (Lipinski definition) is 5. The molecule has 0 heterocycles. The minimum absolute atomic E-state index is 0.0946. The van der Waals surface area contributed by atoms with Crippen molar-refractivity contribution in [2.45, 2.75) is 32.6 Å². The molecule has 0 aliphatic rings. The molecule has 26 heavy (non-hydrogen) atoms. The molecule has 136 valence electrons. The Bertz CT molecular complexity index is 745. The molecule has 0 fully saturated rings. The fraction of sp³-hybridized carbons (Fsp3) is 0.250. The predicted molar refractivity (Wildman–Crippen MR) is 95.6 cm³/mol. The number of rotatable bonds is 7. The molecule has 2 atom stereocenters. The second-order valence-corrected chi connectivity index (χ2v) is 5.74. The van der Waals surface area contributed by atoms with Crippen molar-refractivity contribution in [3.8, 4) is 0 Å². The van der Waals surface area contributed by atoms with Crippen LogP contribution in [-0.2, 0) is 20.9 Å².